The highest BCUT2D eigenvalue weighted by atomic mass is 79.9. The van der Waals surface area contributed by atoms with Crippen LogP contribution in [0.3, 0.4) is 0 Å². The third-order valence-electron chi connectivity index (χ3n) is 2.97. The normalized spacial score (nSPS) is 19.5. The lowest BCUT2D eigenvalue weighted by molar-refractivity contribution is -0.117. The number of amides is 1. The van der Waals surface area contributed by atoms with Gasteiger partial charge in [-0.2, -0.15) is 0 Å². The number of benzene rings is 1. The molecule has 18 heavy (non-hydrogen) atoms. The number of oxazole rings is 1. The van der Waals surface area contributed by atoms with Crippen LogP contribution in [0.5, 0.6) is 0 Å². The van der Waals surface area contributed by atoms with Crippen LogP contribution in [-0.2, 0) is 4.79 Å². The molecule has 1 aromatic carbocycles. The largest absolute Gasteiger partial charge is 0.443 e. The second kappa shape index (κ2) is 4.57. The van der Waals surface area contributed by atoms with Crippen molar-refractivity contribution < 1.29 is 9.21 Å². The van der Waals surface area contributed by atoms with Crippen LogP contribution in [-0.4, -0.2) is 22.3 Å². The maximum atomic E-state index is 12.0. The molecule has 92 valence electrons. The molecule has 1 unspecified atom stereocenters. The Balaban J connectivity index is 2.05. The van der Waals surface area contributed by atoms with Gasteiger partial charge in [-0.1, -0.05) is 28.1 Å². The summed E-state index contributed by atoms with van der Waals surface area (Å²) in [6, 6.07) is 7.71. The minimum Gasteiger partial charge on any atom is -0.443 e. The van der Waals surface area contributed by atoms with Gasteiger partial charge < -0.3 is 9.32 Å². The zero-order chi connectivity index (χ0) is 12.5. The fourth-order valence-electron chi connectivity index (χ4n) is 2.16. The predicted octanol–water partition coefficient (Wildman–Crippen LogP) is 2.84. The molecule has 0 aliphatic carbocycles. The average Bonchev–Trinajstić information content (AvgIpc) is 2.99. The van der Waals surface area contributed by atoms with Crippen LogP contribution in [0, 0.1) is 0 Å². The van der Waals surface area contributed by atoms with E-state index in [1.165, 1.54) is 6.39 Å². The lowest BCUT2D eigenvalue weighted by atomic mass is 10.1. The predicted molar refractivity (Wildman–Crippen MR) is 71.6 cm³/mol. The van der Waals surface area contributed by atoms with E-state index in [1.807, 2.05) is 24.3 Å². The molecule has 5 heteroatoms. The van der Waals surface area contributed by atoms with Gasteiger partial charge in [0.05, 0.1) is 11.9 Å². The number of alkyl halides is 1. The van der Waals surface area contributed by atoms with Crippen LogP contribution < -0.4 is 4.90 Å². The highest BCUT2D eigenvalue weighted by molar-refractivity contribution is 9.09. The Labute approximate surface area is 113 Å². The molecular weight excluding hydrogens is 296 g/mol. The van der Waals surface area contributed by atoms with Crippen molar-refractivity contribution in [3.63, 3.8) is 0 Å². The molecule has 1 aliphatic rings. The number of halogens is 1. The van der Waals surface area contributed by atoms with Gasteiger partial charge >= 0.3 is 0 Å². The summed E-state index contributed by atoms with van der Waals surface area (Å²) < 4.78 is 5.32. The summed E-state index contributed by atoms with van der Waals surface area (Å²) in [4.78, 5) is 17.9. The van der Waals surface area contributed by atoms with Crippen LogP contribution >= 0.6 is 15.9 Å². The van der Waals surface area contributed by atoms with E-state index in [0.717, 1.165) is 11.3 Å². The minimum atomic E-state index is 0.129. The van der Waals surface area contributed by atoms with Gasteiger partial charge in [0, 0.05) is 23.4 Å². The molecule has 0 radical (unpaired) electrons. The van der Waals surface area contributed by atoms with Crippen LogP contribution in [0.25, 0.3) is 11.3 Å². The number of para-hydroxylation sites is 1. The standard InChI is InChI=1S/C13H11BrN2O2/c14-9-5-13(17)16(7-9)11-4-2-1-3-10(11)12-6-15-8-18-12/h1-4,6,8-9H,5,7H2. The van der Waals surface area contributed by atoms with Crippen molar-refractivity contribution in [3.05, 3.63) is 36.9 Å². The van der Waals surface area contributed by atoms with Gasteiger partial charge in [0.15, 0.2) is 12.2 Å². The van der Waals surface area contributed by atoms with Crippen molar-refractivity contribution in [1.29, 1.82) is 0 Å². The number of nitrogens with zero attached hydrogens (tertiary/aromatic N) is 2. The molecule has 4 nitrogen and oxygen atoms in total. The molecule has 2 heterocycles. The quantitative estimate of drug-likeness (QED) is 0.802. The number of carbonyl (C=O) groups excluding carboxylic acids is 1. The molecule has 1 fully saturated rings. The molecular formula is C13H11BrN2O2. The second-order valence-electron chi connectivity index (χ2n) is 4.19. The summed E-state index contributed by atoms with van der Waals surface area (Å²) in [5.74, 6) is 0.806. The summed E-state index contributed by atoms with van der Waals surface area (Å²) in [6.45, 7) is 0.685. The SMILES string of the molecule is O=C1CC(Br)CN1c1ccccc1-c1cnco1. The first-order chi connectivity index (χ1) is 8.75. The van der Waals surface area contributed by atoms with E-state index < -0.39 is 0 Å². The Morgan fingerprint density at radius 1 is 1.39 bits per heavy atom. The summed E-state index contributed by atoms with van der Waals surface area (Å²) in [5, 5.41) is 0. The van der Waals surface area contributed by atoms with Gasteiger partial charge in [-0.05, 0) is 12.1 Å². The topological polar surface area (TPSA) is 46.3 Å². The Bertz CT molecular complexity index is 568. The molecule has 0 spiro atoms. The molecule has 0 saturated carbocycles. The van der Waals surface area contributed by atoms with E-state index in [4.69, 9.17) is 4.42 Å². The Kier molecular flexibility index (Phi) is 2.91. The summed E-state index contributed by atoms with van der Waals surface area (Å²) in [5.41, 5.74) is 1.77. The number of hydrogen-bond acceptors (Lipinski definition) is 3. The van der Waals surface area contributed by atoms with Gasteiger partial charge in [0.2, 0.25) is 5.91 Å². The molecule has 0 N–H and O–H groups in total. The van der Waals surface area contributed by atoms with E-state index in [9.17, 15) is 4.79 Å². The fraction of sp³-hybridized carbons (Fsp3) is 0.231. The molecule has 1 saturated heterocycles. The van der Waals surface area contributed by atoms with Crippen LogP contribution in [0.4, 0.5) is 5.69 Å². The average molecular weight is 307 g/mol. The molecule has 2 aromatic rings. The molecule has 1 aromatic heterocycles. The molecule has 1 amide bonds. The first-order valence-electron chi connectivity index (χ1n) is 5.68. The number of anilines is 1. The van der Waals surface area contributed by atoms with Crippen molar-refractivity contribution in [3.8, 4) is 11.3 Å². The molecule has 1 atom stereocenters. The lowest BCUT2D eigenvalue weighted by Crippen LogP contribution is -2.25. The van der Waals surface area contributed by atoms with Gasteiger partial charge in [0.25, 0.3) is 0 Å². The van der Waals surface area contributed by atoms with Crippen molar-refractivity contribution in [1.82, 2.24) is 4.98 Å². The number of hydrogen-bond donors (Lipinski definition) is 0. The number of aromatic nitrogens is 1. The maximum Gasteiger partial charge on any atom is 0.228 e. The van der Waals surface area contributed by atoms with E-state index in [2.05, 4.69) is 20.9 Å². The van der Waals surface area contributed by atoms with Gasteiger partial charge in [-0.25, -0.2) is 4.98 Å². The zero-order valence-electron chi connectivity index (χ0n) is 9.54. The van der Waals surface area contributed by atoms with E-state index in [0.29, 0.717) is 18.7 Å². The van der Waals surface area contributed by atoms with E-state index in [-0.39, 0.29) is 10.7 Å². The third-order valence-corrected chi connectivity index (χ3v) is 3.58. The van der Waals surface area contributed by atoms with Crippen LogP contribution in [0.15, 0.2) is 41.3 Å². The number of rotatable bonds is 2. The van der Waals surface area contributed by atoms with Gasteiger partial charge in [-0.15, -0.1) is 0 Å². The van der Waals surface area contributed by atoms with Crippen molar-refractivity contribution in [2.24, 2.45) is 0 Å². The highest BCUT2D eigenvalue weighted by Gasteiger charge is 2.30. The maximum absolute atomic E-state index is 12.0. The first-order valence-corrected chi connectivity index (χ1v) is 6.59. The Hall–Kier alpha value is -1.62. The Morgan fingerprint density at radius 2 is 2.22 bits per heavy atom. The van der Waals surface area contributed by atoms with Gasteiger partial charge in [0.1, 0.15) is 0 Å². The monoisotopic (exact) mass is 306 g/mol. The third kappa shape index (κ3) is 1.95. The molecule has 3 rings (SSSR count). The first kappa shape index (κ1) is 11.5. The fourth-order valence-corrected chi connectivity index (χ4v) is 2.73. The van der Waals surface area contributed by atoms with Crippen LogP contribution in [0.2, 0.25) is 0 Å². The van der Waals surface area contributed by atoms with Crippen molar-refractivity contribution >= 4 is 27.5 Å². The zero-order valence-corrected chi connectivity index (χ0v) is 11.1. The summed E-state index contributed by atoms with van der Waals surface area (Å²) in [7, 11) is 0. The van der Waals surface area contributed by atoms with Crippen molar-refractivity contribution in [2.75, 3.05) is 11.4 Å². The van der Waals surface area contributed by atoms with Gasteiger partial charge in [-0.3, -0.25) is 4.79 Å². The molecule has 1 aliphatic heterocycles. The lowest BCUT2D eigenvalue weighted by Gasteiger charge is -2.18. The minimum absolute atomic E-state index is 0.129. The van der Waals surface area contributed by atoms with Crippen molar-refractivity contribution in [2.45, 2.75) is 11.2 Å². The second-order valence-corrected chi connectivity index (χ2v) is 5.48. The highest BCUT2D eigenvalue weighted by Crippen LogP contribution is 2.34. The number of carbonyl (C=O) groups is 1. The summed E-state index contributed by atoms with van der Waals surface area (Å²) >= 11 is 3.49. The van der Waals surface area contributed by atoms with Crippen LogP contribution in [0.1, 0.15) is 6.42 Å². The van der Waals surface area contributed by atoms with E-state index in [1.54, 1.807) is 11.1 Å². The smallest absolute Gasteiger partial charge is 0.228 e. The van der Waals surface area contributed by atoms with E-state index >= 15 is 0 Å². The molecule has 0 bridgehead atoms. The Morgan fingerprint density at radius 3 is 2.89 bits per heavy atom. The summed E-state index contributed by atoms with van der Waals surface area (Å²) in [6.07, 6.45) is 3.58.